The highest BCUT2D eigenvalue weighted by Crippen LogP contribution is 2.19. The average Bonchev–Trinajstić information content (AvgIpc) is 2.49. The number of aliphatic hydroxyl groups excluding tert-OH is 1. The van der Waals surface area contributed by atoms with Crippen molar-refractivity contribution in [3.05, 3.63) is 0 Å². The maximum Gasteiger partial charge on any atom is 0.239 e. The van der Waals surface area contributed by atoms with Crippen molar-refractivity contribution in [3.8, 4) is 0 Å². The Hall–Kier alpha value is -1.10. The first-order valence-corrected chi connectivity index (χ1v) is 5.40. The van der Waals surface area contributed by atoms with Gasteiger partial charge in [-0.15, -0.1) is 0 Å². The fraction of sp³-hybridized carbons (Fsp3) is 0.800. The lowest BCUT2D eigenvalue weighted by molar-refractivity contribution is -0.133. The van der Waals surface area contributed by atoms with Gasteiger partial charge in [-0.25, -0.2) is 0 Å². The second kappa shape index (κ2) is 4.18. The van der Waals surface area contributed by atoms with Gasteiger partial charge in [0.05, 0.1) is 12.6 Å². The molecule has 2 aliphatic rings. The third-order valence-electron chi connectivity index (χ3n) is 2.98. The first-order chi connectivity index (χ1) is 7.15. The normalized spacial score (nSPS) is 30.2. The van der Waals surface area contributed by atoms with E-state index >= 15 is 0 Å². The maximum absolute atomic E-state index is 11.5. The fourth-order valence-electron chi connectivity index (χ4n) is 2.02. The van der Waals surface area contributed by atoms with Crippen molar-refractivity contribution < 1.29 is 14.7 Å². The van der Waals surface area contributed by atoms with E-state index in [-0.39, 0.29) is 30.5 Å². The maximum atomic E-state index is 11.5. The summed E-state index contributed by atoms with van der Waals surface area (Å²) in [6.07, 6.45) is 2.44. The number of nitrogens with zero attached hydrogens (tertiary/aromatic N) is 1. The quantitative estimate of drug-likeness (QED) is 0.646. The Morgan fingerprint density at radius 3 is 2.80 bits per heavy atom. The van der Waals surface area contributed by atoms with Crippen LogP contribution < -0.4 is 5.32 Å². The molecule has 1 saturated heterocycles. The Labute approximate surface area is 88.4 Å². The van der Waals surface area contributed by atoms with Crippen molar-refractivity contribution in [1.29, 1.82) is 0 Å². The lowest BCUT2D eigenvalue weighted by Gasteiger charge is -2.32. The minimum Gasteiger partial charge on any atom is -0.393 e. The summed E-state index contributed by atoms with van der Waals surface area (Å²) in [4.78, 5) is 24.3. The van der Waals surface area contributed by atoms with Crippen LogP contribution in [0.2, 0.25) is 0 Å². The Balaban J connectivity index is 1.70. The summed E-state index contributed by atoms with van der Waals surface area (Å²) < 4.78 is 0. The molecule has 15 heavy (non-hydrogen) atoms. The van der Waals surface area contributed by atoms with E-state index in [0.717, 1.165) is 6.42 Å². The molecule has 1 aliphatic carbocycles. The summed E-state index contributed by atoms with van der Waals surface area (Å²) in [7, 11) is 0. The lowest BCUT2D eigenvalue weighted by atomic mass is 9.89. The van der Waals surface area contributed by atoms with Crippen molar-refractivity contribution in [2.24, 2.45) is 0 Å². The summed E-state index contributed by atoms with van der Waals surface area (Å²) in [6.45, 7) is 0.866. The number of carbonyl (C=O) groups is 2. The second-order valence-corrected chi connectivity index (χ2v) is 4.31. The highest BCUT2D eigenvalue weighted by atomic mass is 16.3. The number of amides is 2. The first kappa shape index (κ1) is 10.4. The van der Waals surface area contributed by atoms with Crippen molar-refractivity contribution >= 4 is 11.8 Å². The van der Waals surface area contributed by atoms with Gasteiger partial charge in [0.15, 0.2) is 0 Å². The molecule has 0 bridgehead atoms. The van der Waals surface area contributed by atoms with Crippen molar-refractivity contribution in [3.63, 3.8) is 0 Å². The fourth-order valence-corrected chi connectivity index (χ4v) is 2.02. The molecule has 0 aromatic rings. The van der Waals surface area contributed by atoms with Crippen LogP contribution in [0.4, 0.5) is 0 Å². The number of likely N-dealkylation sites (tertiary alicyclic amines) is 1. The third-order valence-corrected chi connectivity index (χ3v) is 2.98. The molecule has 2 amide bonds. The van der Waals surface area contributed by atoms with Gasteiger partial charge in [-0.3, -0.25) is 9.59 Å². The van der Waals surface area contributed by atoms with Crippen LogP contribution in [0.3, 0.4) is 0 Å². The highest BCUT2D eigenvalue weighted by Gasteiger charge is 2.29. The van der Waals surface area contributed by atoms with Gasteiger partial charge >= 0.3 is 0 Å². The zero-order valence-electron chi connectivity index (χ0n) is 8.61. The van der Waals surface area contributed by atoms with E-state index in [4.69, 9.17) is 5.11 Å². The lowest BCUT2D eigenvalue weighted by Crippen LogP contribution is -2.49. The Morgan fingerprint density at radius 1 is 1.53 bits per heavy atom. The van der Waals surface area contributed by atoms with E-state index in [0.29, 0.717) is 25.8 Å². The Morgan fingerprint density at radius 2 is 2.27 bits per heavy atom. The molecule has 1 heterocycles. The van der Waals surface area contributed by atoms with E-state index in [1.54, 1.807) is 4.90 Å². The molecule has 0 atom stereocenters. The van der Waals surface area contributed by atoms with Crippen molar-refractivity contribution in [2.75, 3.05) is 13.1 Å². The first-order valence-electron chi connectivity index (χ1n) is 5.40. The van der Waals surface area contributed by atoms with Crippen LogP contribution in [-0.2, 0) is 9.59 Å². The van der Waals surface area contributed by atoms with Gasteiger partial charge in [0, 0.05) is 19.0 Å². The molecule has 0 unspecified atom stereocenters. The molecule has 0 aromatic heterocycles. The van der Waals surface area contributed by atoms with Crippen LogP contribution in [0.25, 0.3) is 0 Å². The predicted molar refractivity (Wildman–Crippen MR) is 53.0 cm³/mol. The minimum absolute atomic E-state index is 0.0683. The molecule has 0 aromatic carbocycles. The molecule has 2 N–H and O–H groups in total. The summed E-state index contributed by atoms with van der Waals surface area (Å²) in [5, 5.41) is 11.8. The molecule has 0 spiro atoms. The summed E-state index contributed by atoms with van der Waals surface area (Å²) in [5.74, 6) is -0.0408. The molecular formula is C10H16N2O3. The predicted octanol–water partition coefficient (Wildman–Crippen LogP) is -0.752. The van der Waals surface area contributed by atoms with Crippen LogP contribution in [0.15, 0.2) is 0 Å². The van der Waals surface area contributed by atoms with Gasteiger partial charge in [0.25, 0.3) is 0 Å². The molecule has 5 heteroatoms. The molecule has 1 saturated carbocycles. The highest BCUT2D eigenvalue weighted by molar-refractivity contribution is 5.85. The number of hydrogen-bond donors (Lipinski definition) is 2. The summed E-state index contributed by atoms with van der Waals surface area (Å²) in [6, 6.07) is 0.102. The molecule has 0 radical (unpaired) electrons. The van der Waals surface area contributed by atoms with Crippen LogP contribution in [0.5, 0.6) is 0 Å². The van der Waals surface area contributed by atoms with Crippen molar-refractivity contribution in [2.45, 2.75) is 37.8 Å². The third kappa shape index (κ3) is 2.47. The molecule has 2 fully saturated rings. The Bertz CT molecular complexity index is 274. The van der Waals surface area contributed by atoms with Crippen LogP contribution in [0.1, 0.15) is 25.7 Å². The zero-order valence-corrected chi connectivity index (χ0v) is 8.61. The topological polar surface area (TPSA) is 69.6 Å². The molecular weight excluding hydrogens is 196 g/mol. The SMILES string of the molecule is O=C(CN1CCCC1=O)NC1CC(O)C1. The summed E-state index contributed by atoms with van der Waals surface area (Å²) in [5.41, 5.74) is 0. The molecule has 5 nitrogen and oxygen atoms in total. The van der Waals surface area contributed by atoms with Crippen LogP contribution in [-0.4, -0.2) is 47.1 Å². The van der Waals surface area contributed by atoms with E-state index in [2.05, 4.69) is 5.32 Å². The number of hydrogen-bond acceptors (Lipinski definition) is 3. The minimum atomic E-state index is -0.260. The standard InChI is InChI=1S/C10H16N2O3/c13-8-4-7(5-8)11-9(14)6-12-3-1-2-10(12)15/h7-8,13H,1-6H2,(H,11,14). The smallest absolute Gasteiger partial charge is 0.239 e. The van der Waals surface area contributed by atoms with Gasteiger partial charge in [0.1, 0.15) is 0 Å². The van der Waals surface area contributed by atoms with Gasteiger partial charge < -0.3 is 15.3 Å². The van der Waals surface area contributed by atoms with Gasteiger partial charge in [-0.1, -0.05) is 0 Å². The van der Waals surface area contributed by atoms with E-state index in [1.807, 2.05) is 0 Å². The van der Waals surface area contributed by atoms with Gasteiger partial charge in [-0.05, 0) is 19.3 Å². The molecule has 1 aliphatic heterocycles. The van der Waals surface area contributed by atoms with E-state index in [1.165, 1.54) is 0 Å². The van der Waals surface area contributed by atoms with E-state index < -0.39 is 0 Å². The summed E-state index contributed by atoms with van der Waals surface area (Å²) >= 11 is 0. The van der Waals surface area contributed by atoms with Crippen LogP contribution in [0, 0.1) is 0 Å². The van der Waals surface area contributed by atoms with Crippen LogP contribution >= 0.6 is 0 Å². The van der Waals surface area contributed by atoms with Gasteiger partial charge in [-0.2, -0.15) is 0 Å². The van der Waals surface area contributed by atoms with Crippen molar-refractivity contribution in [1.82, 2.24) is 10.2 Å². The monoisotopic (exact) mass is 212 g/mol. The molecule has 2 rings (SSSR count). The largest absolute Gasteiger partial charge is 0.393 e. The zero-order chi connectivity index (χ0) is 10.8. The average molecular weight is 212 g/mol. The second-order valence-electron chi connectivity index (χ2n) is 4.31. The number of rotatable bonds is 3. The number of aliphatic hydroxyl groups is 1. The number of nitrogens with one attached hydrogen (secondary N) is 1. The molecule has 84 valence electrons. The van der Waals surface area contributed by atoms with Gasteiger partial charge in [0.2, 0.25) is 11.8 Å². The Kier molecular flexibility index (Phi) is 2.90. The number of carbonyl (C=O) groups excluding carboxylic acids is 2. The van der Waals surface area contributed by atoms with E-state index in [9.17, 15) is 9.59 Å².